The molecular formula is C17H19N3O3. The minimum absolute atomic E-state index is 0.158. The Morgan fingerprint density at radius 3 is 2.91 bits per heavy atom. The third-order valence-electron chi connectivity index (χ3n) is 3.92. The van der Waals surface area contributed by atoms with Crippen LogP contribution in [0, 0.1) is 6.92 Å². The predicted molar refractivity (Wildman–Crippen MR) is 84.2 cm³/mol. The summed E-state index contributed by atoms with van der Waals surface area (Å²) in [6, 6.07) is 7.67. The van der Waals surface area contributed by atoms with E-state index < -0.39 is 5.60 Å². The summed E-state index contributed by atoms with van der Waals surface area (Å²) in [6.45, 7) is 2.87. The van der Waals surface area contributed by atoms with E-state index in [4.69, 9.17) is 4.74 Å². The van der Waals surface area contributed by atoms with Gasteiger partial charge in [0.1, 0.15) is 24.3 Å². The molecular weight excluding hydrogens is 294 g/mol. The minimum Gasteiger partial charge on any atom is -0.491 e. The second kappa shape index (κ2) is 6.34. The van der Waals surface area contributed by atoms with Crippen LogP contribution in [-0.2, 0) is 0 Å². The first-order valence-corrected chi connectivity index (χ1v) is 7.52. The van der Waals surface area contributed by atoms with Crippen molar-refractivity contribution in [2.24, 2.45) is 0 Å². The number of aromatic nitrogens is 2. The van der Waals surface area contributed by atoms with Gasteiger partial charge in [-0.1, -0.05) is 12.1 Å². The molecule has 1 fully saturated rings. The monoisotopic (exact) mass is 313 g/mol. The molecule has 1 aromatic carbocycles. The van der Waals surface area contributed by atoms with Crippen LogP contribution in [0.2, 0.25) is 0 Å². The number of hydrogen-bond acceptors (Lipinski definition) is 5. The van der Waals surface area contributed by atoms with E-state index >= 15 is 0 Å². The highest BCUT2D eigenvalue weighted by molar-refractivity contribution is 5.93. The first-order valence-electron chi connectivity index (χ1n) is 7.52. The molecule has 1 aromatic heterocycles. The number of hydrogen-bond donors (Lipinski definition) is 1. The molecule has 0 saturated carbocycles. The Labute approximate surface area is 134 Å². The highest BCUT2D eigenvalue weighted by atomic mass is 16.5. The van der Waals surface area contributed by atoms with E-state index in [0.29, 0.717) is 18.5 Å². The van der Waals surface area contributed by atoms with E-state index in [0.717, 1.165) is 11.3 Å². The van der Waals surface area contributed by atoms with Crippen molar-refractivity contribution in [3.8, 4) is 5.75 Å². The average Bonchev–Trinajstić information content (AvgIpc) is 2.96. The smallest absolute Gasteiger partial charge is 0.257 e. The Morgan fingerprint density at radius 2 is 2.17 bits per heavy atom. The fourth-order valence-electron chi connectivity index (χ4n) is 2.66. The molecule has 6 nitrogen and oxygen atoms in total. The van der Waals surface area contributed by atoms with Gasteiger partial charge in [-0.05, 0) is 31.0 Å². The molecule has 1 atom stereocenters. The van der Waals surface area contributed by atoms with Crippen LogP contribution in [0.3, 0.4) is 0 Å². The predicted octanol–water partition coefficient (Wildman–Crippen LogP) is 1.44. The number of amides is 1. The molecule has 2 heterocycles. The Bertz CT molecular complexity index is 692. The van der Waals surface area contributed by atoms with Crippen LogP contribution < -0.4 is 4.74 Å². The lowest BCUT2D eigenvalue weighted by atomic mass is 10.1. The number of carbonyl (C=O) groups excluding carboxylic acids is 1. The number of rotatable bonds is 4. The summed E-state index contributed by atoms with van der Waals surface area (Å²) < 4.78 is 5.69. The SMILES string of the molecule is Cc1cccc(OCC2(O)CCN(C(=O)c3cncnc3)C2)c1. The van der Waals surface area contributed by atoms with Crippen molar-refractivity contribution in [1.29, 1.82) is 0 Å². The molecule has 0 aliphatic carbocycles. The number of aliphatic hydroxyl groups is 1. The van der Waals surface area contributed by atoms with Crippen molar-refractivity contribution in [1.82, 2.24) is 14.9 Å². The Hall–Kier alpha value is -2.47. The number of ether oxygens (including phenoxy) is 1. The number of carbonyl (C=O) groups is 1. The number of nitrogens with zero attached hydrogens (tertiary/aromatic N) is 3. The molecule has 23 heavy (non-hydrogen) atoms. The zero-order valence-electron chi connectivity index (χ0n) is 13.0. The molecule has 1 saturated heterocycles. The third-order valence-corrected chi connectivity index (χ3v) is 3.92. The Balaban J connectivity index is 1.60. The van der Waals surface area contributed by atoms with Crippen molar-refractivity contribution in [2.75, 3.05) is 19.7 Å². The number of likely N-dealkylation sites (tertiary alicyclic amines) is 1. The molecule has 1 aliphatic rings. The molecule has 3 rings (SSSR count). The number of aryl methyl sites for hydroxylation is 1. The molecule has 1 unspecified atom stereocenters. The first-order chi connectivity index (χ1) is 11.1. The first kappa shape index (κ1) is 15.4. The summed E-state index contributed by atoms with van der Waals surface area (Å²) in [7, 11) is 0. The van der Waals surface area contributed by atoms with E-state index in [1.54, 1.807) is 4.90 Å². The zero-order chi connectivity index (χ0) is 16.3. The van der Waals surface area contributed by atoms with Crippen LogP contribution in [0.1, 0.15) is 22.3 Å². The summed E-state index contributed by atoms with van der Waals surface area (Å²) in [5.74, 6) is 0.553. The van der Waals surface area contributed by atoms with E-state index in [2.05, 4.69) is 9.97 Å². The lowest BCUT2D eigenvalue weighted by Crippen LogP contribution is -2.40. The van der Waals surface area contributed by atoms with Gasteiger partial charge in [-0.15, -0.1) is 0 Å². The molecule has 0 bridgehead atoms. The summed E-state index contributed by atoms with van der Waals surface area (Å²) in [5.41, 5.74) is 0.493. The quantitative estimate of drug-likeness (QED) is 0.924. The highest BCUT2D eigenvalue weighted by Crippen LogP contribution is 2.24. The molecule has 0 radical (unpaired) electrons. The summed E-state index contributed by atoms with van der Waals surface area (Å²) >= 11 is 0. The molecule has 6 heteroatoms. The van der Waals surface area contributed by atoms with E-state index in [9.17, 15) is 9.90 Å². The summed E-state index contributed by atoms with van der Waals surface area (Å²) in [5, 5.41) is 10.6. The van der Waals surface area contributed by atoms with Gasteiger partial charge < -0.3 is 14.7 Å². The largest absolute Gasteiger partial charge is 0.491 e. The second-order valence-corrected chi connectivity index (χ2v) is 5.93. The van der Waals surface area contributed by atoms with Gasteiger partial charge in [0.05, 0.1) is 12.1 Å². The number of benzene rings is 1. The second-order valence-electron chi connectivity index (χ2n) is 5.93. The van der Waals surface area contributed by atoms with Crippen LogP contribution >= 0.6 is 0 Å². The van der Waals surface area contributed by atoms with Crippen LogP contribution in [-0.4, -0.2) is 51.2 Å². The van der Waals surface area contributed by atoms with Gasteiger partial charge in [0.15, 0.2) is 0 Å². The molecule has 0 spiro atoms. The topological polar surface area (TPSA) is 75.6 Å². The van der Waals surface area contributed by atoms with Crippen molar-refractivity contribution in [3.63, 3.8) is 0 Å². The maximum atomic E-state index is 12.3. The average molecular weight is 313 g/mol. The van der Waals surface area contributed by atoms with Gasteiger partial charge in [-0.25, -0.2) is 9.97 Å². The highest BCUT2D eigenvalue weighted by Gasteiger charge is 2.39. The van der Waals surface area contributed by atoms with E-state index in [1.807, 2.05) is 31.2 Å². The maximum absolute atomic E-state index is 12.3. The Kier molecular flexibility index (Phi) is 4.25. The maximum Gasteiger partial charge on any atom is 0.257 e. The molecule has 2 aromatic rings. The van der Waals surface area contributed by atoms with Gasteiger partial charge in [0.2, 0.25) is 0 Å². The minimum atomic E-state index is -1.03. The van der Waals surface area contributed by atoms with Gasteiger partial charge >= 0.3 is 0 Å². The fraction of sp³-hybridized carbons (Fsp3) is 0.353. The van der Waals surface area contributed by atoms with Gasteiger partial charge in [-0.3, -0.25) is 4.79 Å². The lowest BCUT2D eigenvalue weighted by Gasteiger charge is -2.23. The Morgan fingerprint density at radius 1 is 1.39 bits per heavy atom. The third kappa shape index (κ3) is 3.65. The van der Waals surface area contributed by atoms with Gasteiger partial charge in [0, 0.05) is 18.9 Å². The molecule has 120 valence electrons. The fourth-order valence-corrected chi connectivity index (χ4v) is 2.66. The number of β-amino-alcohol motifs (C(OH)–C–C–N with tert-alkyl or cyclic N) is 1. The normalized spacial score (nSPS) is 20.5. The van der Waals surface area contributed by atoms with Crippen LogP contribution in [0.5, 0.6) is 5.75 Å². The van der Waals surface area contributed by atoms with Gasteiger partial charge in [-0.2, -0.15) is 0 Å². The van der Waals surface area contributed by atoms with Crippen LogP contribution in [0.15, 0.2) is 43.0 Å². The van der Waals surface area contributed by atoms with Crippen LogP contribution in [0.4, 0.5) is 0 Å². The van der Waals surface area contributed by atoms with Crippen molar-refractivity contribution < 1.29 is 14.6 Å². The standard InChI is InChI=1S/C17H19N3O3/c1-13-3-2-4-15(7-13)23-11-17(22)5-6-20(10-17)16(21)14-8-18-12-19-9-14/h2-4,7-9,12,22H,5-6,10-11H2,1H3. The van der Waals surface area contributed by atoms with Crippen LogP contribution in [0.25, 0.3) is 0 Å². The molecule has 1 amide bonds. The van der Waals surface area contributed by atoms with E-state index in [1.165, 1.54) is 18.7 Å². The molecule has 1 N–H and O–H groups in total. The summed E-state index contributed by atoms with van der Waals surface area (Å²) in [6.07, 6.45) is 4.83. The van der Waals surface area contributed by atoms with Crippen molar-refractivity contribution in [2.45, 2.75) is 18.9 Å². The van der Waals surface area contributed by atoms with Crippen molar-refractivity contribution >= 4 is 5.91 Å². The van der Waals surface area contributed by atoms with E-state index in [-0.39, 0.29) is 19.1 Å². The van der Waals surface area contributed by atoms with Crippen molar-refractivity contribution in [3.05, 3.63) is 54.1 Å². The summed E-state index contributed by atoms with van der Waals surface area (Å²) in [4.78, 5) is 21.7. The lowest BCUT2D eigenvalue weighted by molar-refractivity contribution is 0.00428. The molecule has 1 aliphatic heterocycles. The zero-order valence-corrected chi connectivity index (χ0v) is 13.0. The van der Waals surface area contributed by atoms with Gasteiger partial charge in [0.25, 0.3) is 5.91 Å².